The number of carbonyl (C=O) groups is 8. The Bertz CT molecular complexity index is 1950. The minimum Gasteiger partial charge on any atom is -0.481 e. The van der Waals surface area contributed by atoms with Gasteiger partial charge >= 0.3 is 11.9 Å². The molecule has 7 atom stereocenters. The summed E-state index contributed by atoms with van der Waals surface area (Å²) in [6.07, 6.45) is 1.59. The Balaban J connectivity index is 1.83. The Hall–Kier alpha value is -6.26. The summed E-state index contributed by atoms with van der Waals surface area (Å²) in [6.45, 7) is 9.74. The number of carbonyl (C=O) groups excluding carboxylic acids is 6. The van der Waals surface area contributed by atoms with Gasteiger partial charge in [0.05, 0.1) is 0 Å². The van der Waals surface area contributed by atoms with Gasteiger partial charge in [-0.2, -0.15) is 0 Å². The molecule has 0 fully saturated rings. The first-order valence-corrected chi connectivity index (χ1v) is 19.7. The van der Waals surface area contributed by atoms with Crippen LogP contribution in [0.5, 0.6) is 0 Å². The van der Waals surface area contributed by atoms with Gasteiger partial charge in [-0.1, -0.05) is 82.6 Å². The molecule has 0 spiro atoms. The van der Waals surface area contributed by atoms with Crippen LogP contribution in [-0.2, 0) is 51.2 Å². The highest BCUT2D eigenvalue weighted by Gasteiger charge is 2.34. The second-order valence-corrected chi connectivity index (χ2v) is 15.2. The lowest BCUT2D eigenvalue weighted by molar-refractivity contribution is -0.143. The van der Waals surface area contributed by atoms with Crippen LogP contribution in [0, 0.1) is 11.8 Å². The van der Waals surface area contributed by atoms with Crippen LogP contribution >= 0.6 is 0 Å². The van der Waals surface area contributed by atoms with Gasteiger partial charge in [-0.3, -0.25) is 33.6 Å². The number of hydrogen-bond acceptors (Lipinski definition) is 8. The number of nitrogens with one attached hydrogen (secondary N) is 7. The Morgan fingerprint density at radius 3 is 1.83 bits per heavy atom. The maximum Gasteiger partial charge on any atom is 0.326 e. The zero-order valence-electron chi connectivity index (χ0n) is 34.3. The van der Waals surface area contributed by atoms with E-state index in [4.69, 9.17) is 0 Å². The van der Waals surface area contributed by atoms with Crippen LogP contribution in [0.25, 0.3) is 10.9 Å². The van der Waals surface area contributed by atoms with Crippen molar-refractivity contribution in [3.63, 3.8) is 0 Å². The van der Waals surface area contributed by atoms with E-state index >= 15 is 0 Å². The molecule has 6 amide bonds. The van der Waals surface area contributed by atoms with Crippen LogP contribution in [0.1, 0.15) is 78.4 Å². The van der Waals surface area contributed by atoms with Gasteiger partial charge in [-0.15, -0.1) is 0 Å². The fourth-order valence-electron chi connectivity index (χ4n) is 6.43. The molecule has 0 radical (unpaired) electrons. The molecule has 17 heteroatoms. The van der Waals surface area contributed by atoms with Gasteiger partial charge in [0.15, 0.2) is 0 Å². The maximum atomic E-state index is 14.0. The number of carboxylic acid groups (broad SMARTS) is 2. The monoisotopic (exact) mass is 819 g/mol. The van der Waals surface area contributed by atoms with Crippen LogP contribution in [0.3, 0.4) is 0 Å². The molecule has 2 aromatic carbocycles. The molecule has 1 heterocycles. The first kappa shape index (κ1) is 47.1. The third-order valence-corrected chi connectivity index (χ3v) is 9.86. The third kappa shape index (κ3) is 14.9. The van der Waals surface area contributed by atoms with Crippen molar-refractivity contribution < 1.29 is 48.6 Å². The first-order chi connectivity index (χ1) is 27.9. The molecule has 0 saturated carbocycles. The third-order valence-electron chi connectivity index (χ3n) is 9.86. The molecule has 0 aliphatic rings. The van der Waals surface area contributed by atoms with Crippen LogP contribution in [-0.4, -0.2) is 98.8 Å². The van der Waals surface area contributed by atoms with Gasteiger partial charge in [0.25, 0.3) is 0 Å². The van der Waals surface area contributed by atoms with E-state index in [0.29, 0.717) is 17.5 Å². The van der Waals surface area contributed by atoms with Crippen molar-refractivity contribution in [3.05, 3.63) is 71.9 Å². The van der Waals surface area contributed by atoms with E-state index in [-0.39, 0.29) is 31.6 Å². The lowest BCUT2D eigenvalue weighted by Crippen LogP contribution is -2.60. The molecule has 17 nitrogen and oxygen atoms in total. The van der Waals surface area contributed by atoms with Crippen molar-refractivity contribution in [2.75, 3.05) is 0 Å². The molecule has 59 heavy (non-hydrogen) atoms. The normalized spacial score (nSPS) is 14.7. The van der Waals surface area contributed by atoms with Crippen LogP contribution in [0.2, 0.25) is 0 Å². The minimum absolute atomic E-state index is 0.00452. The van der Waals surface area contributed by atoms with E-state index in [2.05, 4.69) is 36.9 Å². The number of carboxylic acids is 2. The van der Waals surface area contributed by atoms with Crippen molar-refractivity contribution in [2.24, 2.45) is 11.8 Å². The zero-order chi connectivity index (χ0) is 43.8. The summed E-state index contributed by atoms with van der Waals surface area (Å²) < 4.78 is 0. The number of aromatic amines is 1. The number of H-pyrrole nitrogens is 1. The summed E-state index contributed by atoms with van der Waals surface area (Å²) in [5.41, 5.74) is 2.15. The topological polar surface area (TPSA) is 265 Å². The predicted molar refractivity (Wildman–Crippen MR) is 218 cm³/mol. The molecule has 320 valence electrons. The number of fused-ring (bicyclic) bond motifs is 1. The molecule has 0 unspecified atom stereocenters. The van der Waals surface area contributed by atoms with Crippen molar-refractivity contribution in [1.82, 2.24) is 36.9 Å². The van der Waals surface area contributed by atoms with Gasteiger partial charge in [0.2, 0.25) is 35.4 Å². The molecule has 3 rings (SSSR count). The van der Waals surface area contributed by atoms with E-state index in [1.165, 1.54) is 13.8 Å². The van der Waals surface area contributed by atoms with Crippen molar-refractivity contribution in [1.29, 1.82) is 0 Å². The number of rotatable bonds is 23. The summed E-state index contributed by atoms with van der Waals surface area (Å²) in [7, 11) is 0. The standard InChI is InChI=1S/C42H57N7O10/c1-7-24(4)36(49-40(56)32(20-27-13-9-8-10-14-27)47-38(54)31(45-26(6)50)17-18-35(51)52)41(57)44-25(5)37(53)46-33(39(55)48-34(42(58)59)19-23(2)3)21-28-22-43-30-16-12-11-15-29(28)30/h8-16,22-25,31-34,36,43H,7,17-21H2,1-6H3,(H,44,57)(H,45,50)(H,46,53)(H,47,54)(H,48,55)(H,49,56)(H,51,52)(H,58,59)/t24-,25-,31-,32-,33-,34-,36-/m0/s1. The van der Waals surface area contributed by atoms with Crippen molar-refractivity contribution in [3.8, 4) is 0 Å². The first-order valence-electron chi connectivity index (χ1n) is 19.7. The van der Waals surface area contributed by atoms with E-state index in [1.54, 1.807) is 50.4 Å². The Kier molecular flexibility index (Phi) is 18.1. The van der Waals surface area contributed by atoms with Crippen LogP contribution in [0.4, 0.5) is 0 Å². The van der Waals surface area contributed by atoms with Gasteiger partial charge < -0.3 is 47.1 Å². The number of hydrogen-bond donors (Lipinski definition) is 9. The molecule has 1 aromatic heterocycles. The number of para-hydroxylation sites is 1. The molecular weight excluding hydrogens is 763 g/mol. The Morgan fingerprint density at radius 1 is 0.644 bits per heavy atom. The smallest absolute Gasteiger partial charge is 0.326 e. The summed E-state index contributed by atoms with van der Waals surface area (Å²) in [4.78, 5) is 107. The summed E-state index contributed by atoms with van der Waals surface area (Å²) >= 11 is 0. The zero-order valence-corrected chi connectivity index (χ0v) is 34.3. The lowest BCUT2D eigenvalue weighted by Gasteiger charge is -2.29. The fourth-order valence-corrected chi connectivity index (χ4v) is 6.43. The highest BCUT2D eigenvalue weighted by Crippen LogP contribution is 2.20. The Morgan fingerprint density at radius 2 is 1.22 bits per heavy atom. The molecule has 0 aliphatic heterocycles. The molecule has 0 saturated heterocycles. The van der Waals surface area contributed by atoms with Gasteiger partial charge in [0.1, 0.15) is 36.3 Å². The summed E-state index contributed by atoms with van der Waals surface area (Å²) in [5.74, 6) is -7.25. The largest absolute Gasteiger partial charge is 0.481 e. The van der Waals surface area contributed by atoms with Gasteiger partial charge in [-0.05, 0) is 48.8 Å². The van der Waals surface area contributed by atoms with Crippen LogP contribution < -0.4 is 31.9 Å². The average Bonchev–Trinajstić information content (AvgIpc) is 3.59. The van der Waals surface area contributed by atoms with Crippen LogP contribution in [0.15, 0.2) is 60.8 Å². The van der Waals surface area contributed by atoms with Gasteiger partial charge in [-0.25, -0.2) is 4.79 Å². The highest BCUT2D eigenvalue weighted by molar-refractivity contribution is 5.97. The highest BCUT2D eigenvalue weighted by atomic mass is 16.4. The predicted octanol–water partition coefficient (Wildman–Crippen LogP) is 1.94. The number of aliphatic carboxylic acids is 2. The number of benzene rings is 2. The maximum absolute atomic E-state index is 14.0. The summed E-state index contributed by atoms with van der Waals surface area (Å²) in [6, 6.07) is 8.68. The molecule has 3 aromatic rings. The second kappa shape index (κ2) is 22.6. The van der Waals surface area contributed by atoms with E-state index in [1.807, 2.05) is 38.1 Å². The van der Waals surface area contributed by atoms with E-state index in [0.717, 1.165) is 10.9 Å². The summed E-state index contributed by atoms with van der Waals surface area (Å²) in [5, 5.41) is 35.4. The minimum atomic E-state index is -1.26. The van der Waals surface area contributed by atoms with E-state index in [9.17, 15) is 48.6 Å². The number of aromatic nitrogens is 1. The fraction of sp³-hybridized carbons (Fsp3) is 0.476. The van der Waals surface area contributed by atoms with Crippen molar-refractivity contribution in [2.45, 2.75) is 116 Å². The van der Waals surface area contributed by atoms with Gasteiger partial charge in [0, 0.05) is 43.3 Å². The SMILES string of the molecule is CC[C@H](C)[C@H](NC(=O)[C@H](Cc1ccccc1)NC(=O)[C@H](CCC(=O)O)NC(C)=O)C(=O)N[C@@H](C)C(=O)N[C@@H](Cc1c[nH]c2ccccc12)C(=O)N[C@@H](CC(C)C)C(=O)O. The molecule has 0 aliphatic carbocycles. The Labute approximate surface area is 343 Å². The number of amides is 6. The average molecular weight is 820 g/mol. The lowest BCUT2D eigenvalue weighted by atomic mass is 9.96. The molecular formula is C42H57N7O10. The second-order valence-electron chi connectivity index (χ2n) is 15.2. The molecule has 0 bridgehead atoms. The quantitative estimate of drug-likeness (QED) is 0.0672. The van der Waals surface area contributed by atoms with E-state index < -0.39 is 96.0 Å². The molecule has 9 N–H and O–H groups in total. The van der Waals surface area contributed by atoms with Crippen molar-refractivity contribution >= 4 is 58.3 Å².